The molecule has 272 valence electrons. The Morgan fingerprint density at radius 2 is 1.56 bits per heavy atom. The molecule has 2 saturated carbocycles. The molecule has 0 unspecified atom stereocenters. The van der Waals surface area contributed by atoms with Gasteiger partial charge in [0.2, 0.25) is 17.6 Å². The van der Waals surface area contributed by atoms with Crippen molar-refractivity contribution in [3.8, 4) is 0 Å². The highest BCUT2D eigenvalue weighted by Crippen LogP contribution is 2.36. The topological polar surface area (TPSA) is 171 Å². The van der Waals surface area contributed by atoms with Crippen LogP contribution in [0.2, 0.25) is 0 Å². The van der Waals surface area contributed by atoms with Crippen molar-refractivity contribution in [3.05, 3.63) is 12.7 Å². The quantitative estimate of drug-likeness (QED) is 0.169. The number of urea groups is 1. The molecule has 48 heavy (non-hydrogen) atoms. The first-order chi connectivity index (χ1) is 22.1. The summed E-state index contributed by atoms with van der Waals surface area (Å²) in [7, 11) is -3.56. The first-order valence-electron chi connectivity index (χ1n) is 17.5. The van der Waals surface area contributed by atoms with Gasteiger partial charge >= 0.3 is 6.03 Å². The van der Waals surface area contributed by atoms with Crippen LogP contribution in [0.25, 0.3) is 0 Å². The number of likely N-dealkylation sites (tertiary alicyclic amines) is 1. The average molecular weight is 694 g/mol. The average Bonchev–Trinajstić information content (AvgIpc) is 3.74. The maximum absolute atomic E-state index is 14.4. The molecule has 1 aliphatic heterocycles. The summed E-state index contributed by atoms with van der Waals surface area (Å²) in [4.78, 5) is 69.1. The molecule has 3 aliphatic rings. The minimum absolute atomic E-state index is 0.0549. The van der Waals surface area contributed by atoms with Crippen LogP contribution in [0.15, 0.2) is 12.7 Å². The molecule has 3 rings (SSSR count). The Bertz CT molecular complexity index is 1340. The molecular weight excluding hydrogens is 634 g/mol. The molecule has 2 aliphatic carbocycles. The smallest absolute Gasteiger partial charge is 0.315 e. The van der Waals surface area contributed by atoms with Crippen molar-refractivity contribution in [2.75, 3.05) is 18.8 Å². The maximum atomic E-state index is 14.4. The fourth-order valence-corrected chi connectivity index (χ4v) is 8.24. The fourth-order valence-electron chi connectivity index (χ4n) is 6.71. The SMILES string of the molecule is C=CCNC(=O)C(=O)[C@H](CC1CC1)NC(=O)[C@@H]1[C@@H](C)[C@@H](C)CN1C(=O)[C@@H](NC(=O)NC1(CS(=O)(=O)C(C)(C)C)CCCCC1)C(C)(C)C. The third kappa shape index (κ3) is 9.81. The number of Topliss-reactive ketones (excluding diaryl/α,β-unsaturated/α-hetero) is 1. The summed E-state index contributed by atoms with van der Waals surface area (Å²) in [6.45, 7) is 18.2. The van der Waals surface area contributed by atoms with Gasteiger partial charge in [0.25, 0.3) is 5.91 Å². The molecule has 0 aromatic carbocycles. The molecule has 3 fully saturated rings. The lowest BCUT2D eigenvalue weighted by atomic mass is 9.83. The van der Waals surface area contributed by atoms with Crippen LogP contribution in [0.4, 0.5) is 4.79 Å². The van der Waals surface area contributed by atoms with E-state index in [0.717, 1.165) is 32.1 Å². The van der Waals surface area contributed by atoms with Gasteiger partial charge in [-0.15, -0.1) is 6.58 Å². The zero-order valence-electron chi connectivity index (χ0n) is 30.2. The monoisotopic (exact) mass is 693 g/mol. The Balaban J connectivity index is 1.83. The molecule has 12 nitrogen and oxygen atoms in total. The maximum Gasteiger partial charge on any atom is 0.315 e. The lowest BCUT2D eigenvalue weighted by molar-refractivity contribution is -0.144. The molecular formula is C35H59N5O7S. The van der Waals surface area contributed by atoms with E-state index in [9.17, 15) is 32.4 Å². The first kappa shape index (κ1) is 39.5. The van der Waals surface area contributed by atoms with Gasteiger partial charge in [0.1, 0.15) is 12.1 Å². The van der Waals surface area contributed by atoms with Crippen molar-refractivity contribution in [1.29, 1.82) is 0 Å². The van der Waals surface area contributed by atoms with Crippen molar-refractivity contribution in [2.45, 2.75) is 135 Å². The van der Waals surface area contributed by atoms with E-state index >= 15 is 0 Å². The fraction of sp³-hybridized carbons (Fsp3) is 0.800. The lowest BCUT2D eigenvalue weighted by Gasteiger charge is -2.41. The minimum atomic E-state index is -3.56. The van der Waals surface area contributed by atoms with Crippen LogP contribution in [-0.2, 0) is 29.0 Å². The van der Waals surface area contributed by atoms with Gasteiger partial charge in [-0.2, -0.15) is 0 Å². The highest BCUT2D eigenvalue weighted by molar-refractivity contribution is 7.92. The predicted octanol–water partition coefficient (Wildman–Crippen LogP) is 3.26. The number of carbonyl (C=O) groups excluding carboxylic acids is 5. The highest BCUT2D eigenvalue weighted by atomic mass is 32.2. The number of sulfone groups is 1. The van der Waals surface area contributed by atoms with E-state index in [0.29, 0.717) is 19.3 Å². The Morgan fingerprint density at radius 3 is 2.08 bits per heavy atom. The number of rotatable bonds is 13. The third-order valence-corrected chi connectivity index (χ3v) is 13.1. The molecule has 5 amide bonds. The summed E-state index contributed by atoms with van der Waals surface area (Å²) in [6.07, 6.45) is 7.18. The van der Waals surface area contributed by atoms with Crippen molar-refractivity contribution in [1.82, 2.24) is 26.2 Å². The van der Waals surface area contributed by atoms with Gasteiger partial charge in [-0.1, -0.05) is 72.8 Å². The van der Waals surface area contributed by atoms with Gasteiger partial charge in [0, 0.05) is 13.1 Å². The normalized spacial score (nSPS) is 24.2. The molecule has 13 heteroatoms. The predicted molar refractivity (Wildman–Crippen MR) is 186 cm³/mol. The summed E-state index contributed by atoms with van der Waals surface area (Å²) in [5, 5.41) is 11.2. The van der Waals surface area contributed by atoms with Crippen molar-refractivity contribution in [2.24, 2.45) is 23.2 Å². The second-order valence-electron chi connectivity index (χ2n) is 16.5. The molecule has 4 N–H and O–H groups in total. The zero-order chi connectivity index (χ0) is 36.2. The molecule has 0 radical (unpaired) electrons. The molecule has 0 aromatic rings. The minimum Gasteiger partial charge on any atom is -0.346 e. The Hall–Kier alpha value is -2.96. The van der Waals surface area contributed by atoms with Crippen molar-refractivity contribution < 1.29 is 32.4 Å². The zero-order valence-corrected chi connectivity index (χ0v) is 31.1. The van der Waals surface area contributed by atoms with E-state index in [1.807, 2.05) is 34.6 Å². The van der Waals surface area contributed by atoms with Crippen LogP contribution in [0, 0.1) is 23.2 Å². The molecule has 1 heterocycles. The second-order valence-corrected chi connectivity index (χ2v) is 19.2. The summed E-state index contributed by atoms with van der Waals surface area (Å²) in [5.41, 5.74) is -1.73. The standard InChI is InChI=1S/C35H59N5O7S/c1-10-18-36-30(43)27(41)25(19-24-14-15-24)37-29(42)26-23(3)22(2)20-40(26)31(44)28(33(4,5)6)38-32(45)39-35(16-12-11-13-17-35)21-48(46,47)34(7,8)9/h10,22-26,28H,1,11-21H2,2-9H3,(H,36,43)(H,37,42)(H2,38,39,45)/t22-,23-,25-,26-,28+/m0/s1. The number of hydrogen-bond donors (Lipinski definition) is 4. The van der Waals surface area contributed by atoms with E-state index in [1.54, 1.807) is 20.8 Å². The van der Waals surface area contributed by atoms with Gasteiger partial charge < -0.3 is 26.2 Å². The summed E-state index contributed by atoms with van der Waals surface area (Å²) >= 11 is 0. The van der Waals surface area contributed by atoms with Gasteiger partial charge in [0.05, 0.1) is 22.1 Å². The lowest BCUT2D eigenvalue weighted by Crippen LogP contribution is -2.63. The van der Waals surface area contributed by atoms with Crippen LogP contribution in [-0.4, -0.2) is 90.1 Å². The number of ketones is 1. The van der Waals surface area contributed by atoms with E-state index in [1.165, 1.54) is 11.0 Å². The third-order valence-electron chi connectivity index (χ3n) is 10.3. The second kappa shape index (κ2) is 15.3. The Morgan fingerprint density at radius 1 is 0.958 bits per heavy atom. The Kier molecular flexibility index (Phi) is 12.6. The number of amides is 5. The van der Waals surface area contributed by atoms with Gasteiger partial charge in [0.15, 0.2) is 9.84 Å². The number of hydrogen-bond acceptors (Lipinski definition) is 7. The van der Waals surface area contributed by atoms with E-state index in [-0.39, 0.29) is 36.6 Å². The molecule has 0 bridgehead atoms. The van der Waals surface area contributed by atoms with E-state index < -0.39 is 73.2 Å². The van der Waals surface area contributed by atoms with Crippen LogP contribution >= 0.6 is 0 Å². The van der Waals surface area contributed by atoms with Gasteiger partial charge in [-0.05, 0) is 63.2 Å². The van der Waals surface area contributed by atoms with E-state index in [2.05, 4.69) is 27.8 Å². The van der Waals surface area contributed by atoms with Crippen LogP contribution in [0.1, 0.15) is 107 Å². The Labute approximate surface area is 287 Å². The van der Waals surface area contributed by atoms with Crippen LogP contribution in [0.5, 0.6) is 0 Å². The molecule has 0 spiro atoms. The van der Waals surface area contributed by atoms with E-state index in [4.69, 9.17) is 0 Å². The highest BCUT2D eigenvalue weighted by Gasteiger charge is 2.49. The number of nitrogens with zero attached hydrogens (tertiary/aromatic N) is 1. The van der Waals surface area contributed by atoms with Crippen molar-refractivity contribution >= 4 is 39.4 Å². The molecule has 5 atom stereocenters. The number of carbonyl (C=O) groups is 5. The van der Waals surface area contributed by atoms with Crippen LogP contribution < -0.4 is 21.3 Å². The summed E-state index contributed by atoms with van der Waals surface area (Å²) in [5.74, 6) is -2.75. The first-order valence-corrected chi connectivity index (χ1v) is 19.1. The molecule has 1 saturated heterocycles. The van der Waals surface area contributed by atoms with Crippen LogP contribution in [0.3, 0.4) is 0 Å². The van der Waals surface area contributed by atoms with Gasteiger partial charge in [-0.3, -0.25) is 19.2 Å². The van der Waals surface area contributed by atoms with Gasteiger partial charge in [-0.25, -0.2) is 13.2 Å². The number of nitrogens with one attached hydrogen (secondary N) is 4. The molecule has 0 aromatic heterocycles. The van der Waals surface area contributed by atoms with Crippen molar-refractivity contribution in [3.63, 3.8) is 0 Å². The largest absolute Gasteiger partial charge is 0.346 e. The summed E-state index contributed by atoms with van der Waals surface area (Å²) in [6, 6.07) is -3.61. The summed E-state index contributed by atoms with van der Waals surface area (Å²) < 4.78 is 25.6.